The van der Waals surface area contributed by atoms with E-state index in [0.717, 1.165) is 41.5 Å². The minimum atomic E-state index is -0.734. The Morgan fingerprint density at radius 1 is 1.26 bits per heavy atom. The van der Waals surface area contributed by atoms with Crippen LogP contribution in [0.4, 0.5) is 11.5 Å². The molecule has 1 amide bonds. The average molecular weight is 473 g/mol. The van der Waals surface area contributed by atoms with E-state index in [9.17, 15) is 4.79 Å². The van der Waals surface area contributed by atoms with E-state index >= 15 is 0 Å². The molecule has 1 fully saturated rings. The maximum Gasteiger partial charge on any atom is 0.269 e. The molecule has 1 unspecified atom stereocenters. The van der Waals surface area contributed by atoms with Gasteiger partial charge in [-0.25, -0.2) is 15.0 Å². The highest BCUT2D eigenvalue weighted by molar-refractivity contribution is 6.04. The summed E-state index contributed by atoms with van der Waals surface area (Å²) in [7, 11) is 0. The van der Waals surface area contributed by atoms with Crippen molar-refractivity contribution in [1.29, 1.82) is 0 Å². The third-order valence-electron chi connectivity index (χ3n) is 6.47. The summed E-state index contributed by atoms with van der Waals surface area (Å²) < 4.78 is 5.92. The minimum absolute atomic E-state index is 0.0434. The summed E-state index contributed by atoms with van der Waals surface area (Å²) >= 11 is 0. The molecule has 1 atom stereocenters. The van der Waals surface area contributed by atoms with E-state index in [1.165, 1.54) is 0 Å². The number of aromatic amines is 1. The molecule has 1 aliphatic heterocycles. The van der Waals surface area contributed by atoms with Gasteiger partial charge in [-0.1, -0.05) is 6.07 Å². The molecule has 4 aromatic rings. The van der Waals surface area contributed by atoms with Gasteiger partial charge < -0.3 is 21.5 Å². The first-order chi connectivity index (χ1) is 16.8. The van der Waals surface area contributed by atoms with E-state index in [4.69, 9.17) is 21.2 Å². The number of H-pyrrole nitrogens is 1. The van der Waals surface area contributed by atoms with Crippen molar-refractivity contribution in [3.63, 3.8) is 0 Å². The molecular formula is C25H28N8O2. The number of rotatable bonds is 6. The molecule has 0 saturated carbocycles. The summed E-state index contributed by atoms with van der Waals surface area (Å²) in [6.45, 7) is 6.85. The average Bonchev–Trinajstić information content (AvgIpc) is 3.52. The zero-order valence-electron chi connectivity index (χ0n) is 19.9. The van der Waals surface area contributed by atoms with Crippen LogP contribution in [0.1, 0.15) is 42.7 Å². The van der Waals surface area contributed by atoms with Crippen molar-refractivity contribution >= 4 is 28.3 Å². The van der Waals surface area contributed by atoms with Crippen LogP contribution in [0.2, 0.25) is 0 Å². The highest BCUT2D eigenvalue weighted by Crippen LogP contribution is 2.37. The van der Waals surface area contributed by atoms with Gasteiger partial charge in [-0.2, -0.15) is 5.10 Å². The third-order valence-corrected chi connectivity index (χ3v) is 6.47. The number of carbonyl (C=O) groups is 1. The lowest BCUT2D eigenvalue weighted by Gasteiger charge is -2.33. The zero-order valence-corrected chi connectivity index (χ0v) is 19.9. The summed E-state index contributed by atoms with van der Waals surface area (Å²) in [5.41, 5.74) is 15.3. The van der Waals surface area contributed by atoms with Crippen LogP contribution in [-0.4, -0.2) is 49.3 Å². The van der Waals surface area contributed by atoms with Crippen LogP contribution in [0.5, 0.6) is 0 Å². The van der Waals surface area contributed by atoms with Gasteiger partial charge in [0.15, 0.2) is 11.5 Å². The van der Waals surface area contributed by atoms with E-state index in [1.54, 1.807) is 18.5 Å². The van der Waals surface area contributed by atoms with Gasteiger partial charge in [0.1, 0.15) is 5.82 Å². The molecule has 1 saturated heterocycles. The summed E-state index contributed by atoms with van der Waals surface area (Å²) in [5.74, 6) is 0.140. The van der Waals surface area contributed by atoms with Crippen LogP contribution >= 0.6 is 0 Å². The Balaban J connectivity index is 1.68. The number of pyridine rings is 1. The molecule has 0 spiro atoms. The normalized spacial score (nSPS) is 16.0. The van der Waals surface area contributed by atoms with E-state index in [0.29, 0.717) is 22.9 Å². The van der Waals surface area contributed by atoms with E-state index in [2.05, 4.69) is 39.3 Å². The smallest absolute Gasteiger partial charge is 0.269 e. The minimum Gasteiger partial charge on any atom is -0.395 e. The number of nitrogens with two attached hydrogens (primary N) is 2. The van der Waals surface area contributed by atoms with Gasteiger partial charge in [0.05, 0.1) is 40.3 Å². The SMILES string of the molecule is Cc1ccc2[nH]ncc2c1-c1nc(-c2cccnc2NC(C)(C)C2CCCO2)nc(C(N)=O)c1N. The first-order valence-corrected chi connectivity index (χ1v) is 11.5. The number of primary amides is 1. The Hall–Kier alpha value is -4.05. The molecule has 180 valence electrons. The fourth-order valence-electron chi connectivity index (χ4n) is 4.63. The van der Waals surface area contributed by atoms with Gasteiger partial charge >= 0.3 is 0 Å². The number of aryl methyl sites for hydroxylation is 1. The van der Waals surface area contributed by atoms with E-state index in [-0.39, 0.29) is 23.0 Å². The van der Waals surface area contributed by atoms with Gasteiger partial charge in [0.2, 0.25) is 0 Å². The number of aromatic nitrogens is 5. The first kappa shape index (κ1) is 22.7. The van der Waals surface area contributed by atoms with Crippen LogP contribution in [0.25, 0.3) is 33.5 Å². The second-order valence-corrected chi connectivity index (χ2v) is 9.36. The second kappa shape index (κ2) is 8.62. The molecule has 4 heterocycles. The molecular weight excluding hydrogens is 444 g/mol. The molecule has 1 aromatic carbocycles. The number of hydrogen-bond acceptors (Lipinski definition) is 8. The van der Waals surface area contributed by atoms with Crippen molar-refractivity contribution in [2.24, 2.45) is 5.73 Å². The Morgan fingerprint density at radius 3 is 2.83 bits per heavy atom. The van der Waals surface area contributed by atoms with Crippen LogP contribution in [0.3, 0.4) is 0 Å². The number of amides is 1. The summed E-state index contributed by atoms with van der Waals surface area (Å²) in [6, 6.07) is 7.53. The molecule has 6 N–H and O–H groups in total. The van der Waals surface area contributed by atoms with Gasteiger partial charge in [0.25, 0.3) is 5.91 Å². The van der Waals surface area contributed by atoms with Crippen molar-refractivity contribution in [1.82, 2.24) is 25.1 Å². The largest absolute Gasteiger partial charge is 0.395 e. The predicted molar refractivity (Wildman–Crippen MR) is 135 cm³/mol. The zero-order chi connectivity index (χ0) is 24.7. The Bertz CT molecular complexity index is 1420. The Morgan fingerprint density at radius 2 is 2.09 bits per heavy atom. The lowest BCUT2D eigenvalue weighted by Crippen LogP contribution is -2.43. The van der Waals surface area contributed by atoms with Crippen molar-refractivity contribution in [2.45, 2.75) is 45.3 Å². The molecule has 35 heavy (non-hydrogen) atoms. The topological polar surface area (TPSA) is 158 Å². The van der Waals surface area contributed by atoms with Crippen molar-refractivity contribution in [3.05, 3.63) is 47.9 Å². The number of anilines is 2. The van der Waals surface area contributed by atoms with E-state index in [1.807, 2.05) is 25.1 Å². The predicted octanol–water partition coefficient (Wildman–Crippen LogP) is 3.44. The lowest BCUT2D eigenvalue weighted by molar-refractivity contribution is 0.0684. The maximum absolute atomic E-state index is 12.4. The second-order valence-electron chi connectivity index (χ2n) is 9.36. The van der Waals surface area contributed by atoms with Crippen LogP contribution in [0.15, 0.2) is 36.7 Å². The van der Waals surface area contributed by atoms with Crippen molar-refractivity contribution in [2.75, 3.05) is 17.7 Å². The van der Waals surface area contributed by atoms with Gasteiger partial charge in [-0.05, 0) is 57.4 Å². The van der Waals surface area contributed by atoms with Crippen molar-refractivity contribution in [3.8, 4) is 22.6 Å². The first-order valence-electron chi connectivity index (χ1n) is 11.5. The molecule has 10 nitrogen and oxygen atoms in total. The lowest BCUT2D eigenvalue weighted by atomic mass is 9.94. The molecule has 0 radical (unpaired) electrons. The number of fused-ring (bicyclic) bond motifs is 1. The molecule has 1 aliphatic rings. The standard InChI is InChI=1S/C25H28N8O2/c1-13-8-9-16-15(12-29-33-16)18(13)20-19(26)21(22(27)34)31-24(30-20)14-6-4-10-28-23(14)32-25(2,3)17-7-5-11-35-17/h4,6,8-10,12,17H,5,7,11,26H2,1-3H3,(H2,27,34)(H,28,32)(H,29,33). The highest BCUT2D eigenvalue weighted by Gasteiger charge is 2.34. The summed E-state index contributed by atoms with van der Waals surface area (Å²) in [6.07, 6.45) is 5.44. The maximum atomic E-state index is 12.4. The van der Waals surface area contributed by atoms with Gasteiger partial charge in [-0.3, -0.25) is 9.89 Å². The van der Waals surface area contributed by atoms with Crippen LogP contribution in [-0.2, 0) is 4.74 Å². The number of hydrogen-bond donors (Lipinski definition) is 4. The quantitative estimate of drug-likeness (QED) is 0.332. The monoisotopic (exact) mass is 472 g/mol. The fourth-order valence-corrected chi connectivity index (χ4v) is 4.63. The van der Waals surface area contributed by atoms with Crippen LogP contribution < -0.4 is 16.8 Å². The number of nitrogen functional groups attached to an aromatic ring is 1. The molecule has 5 rings (SSSR count). The van der Waals surface area contributed by atoms with Gasteiger partial charge in [0, 0.05) is 23.8 Å². The summed E-state index contributed by atoms with van der Waals surface area (Å²) in [5, 5.41) is 11.5. The molecule has 3 aromatic heterocycles. The highest BCUT2D eigenvalue weighted by atomic mass is 16.5. The number of ether oxygens (including phenoxy) is 1. The molecule has 10 heteroatoms. The van der Waals surface area contributed by atoms with E-state index < -0.39 is 5.91 Å². The molecule has 0 bridgehead atoms. The van der Waals surface area contributed by atoms with Crippen molar-refractivity contribution < 1.29 is 9.53 Å². The number of benzene rings is 1. The summed E-state index contributed by atoms with van der Waals surface area (Å²) in [4.78, 5) is 26.2. The van der Waals surface area contributed by atoms with Gasteiger partial charge in [-0.15, -0.1) is 0 Å². The number of nitrogens with one attached hydrogen (secondary N) is 2. The Labute approximate surface area is 202 Å². The molecule has 0 aliphatic carbocycles. The van der Waals surface area contributed by atoms with Crippen LogP contribution in [0, 0.1) is 6.92 Å². The Kier molecular flexibility index (Phi) is 5.60. The fraction of sp³-hybridized carbons (Fsp3) is 0.320. The number of nitrogens with zero attached hydrogens (tertiary/aromatic N) is 4. The number of carbonyl (C=O) groups excluding carboxylic acids is 1. The third kappa shape index (κ3) is 4.06.